The van der Waals surface area contributed by atoms with Crippen molar-refractivity contribution in [2.24, 2.45) is 0 Å². The van der Waals surface area contributed by atoms with Crippen LogP contribution in [-0.4, -0.2) is 18.1 Å². The first-order valence-electron chi connectivity index (χ1n) is 7.16. The Balaban J connectivity index is 1.49. The van der Waals surface area contributed by atoms with Gasteiger partial charge in [-0.05, 0) is 37.5 Å². The number of anilines is 1. The second kappa shape index (κ2) is 5.54. The van der Waals surface area contributed by atoms with Gasteiger partial charge in [0.2, 0.25) is 0 Å². The lowest BCUT2D eigenvalue weighted by molar-refractivity contribution is 0.575. The van der Waals surface area contributed by atoms with Gasteiger partial charge in [-0.3, -0.25) is 0 Å². The molecule has 0 aliphatic heterocycles. The minimum absolute atomic E-state index is 0.354. The van der Waals surface area contributed by atoms with Gasteiger partial charge in [0.15, 0.2) is 0 Å². The molecule has 1 aliphatic carbocycles. The van der Waals surface area contributed by atoms with Gasteiger partial charge in [-0.2, -0.15) is 0 Å². The highest BCUT2D eigenvalue weighted by molar-refractivity contribution is 7.09. The molecule has 0 bridgehead atoms. The van der Waals surface area contributed by atoms with E-state index in [1.165, 1.54) is 23.4 Å². The number of rotatable bonds is 6. The van der Waals surface area contributed by atoms with Crippen molar-refractivity contribution in [1.82, 2.24) is 10.3 Å². The van der Waals surface area contributed by atoms with E-state index in [9.17, 15) is 0 Å². The van der Waals surface area contributed by atoms with Crippen molar-refractivity contribution in [3.63, 3.8) is 0 Å². The number of hydrogen-bond donors (Lipinski definition) is 2. The predicted octanol–water partition coefficient (Wildman–Crippen LogP) is 2.90. The van der Waals surface area contributed by atoms with Crippen molar-refractivity contribution < 1.29 is 0 Å². The Kier molecular flexibility index (Phi) is 3.76. The van der Waals surface area contributed by atoms with Gasteiger partial charge in [0, 0.05) is 41.7 Å². The van der Waals surface area contributed by atoms with Gasteiger partial charge in [-0.1, -0.05) is 12.1 Å². The zero-order valence-electron chi connectivity index (χ0n) is 11.9. The first kappa shape index (κ1) is 13.6. The summed E-state index contributed by atoms with van der Waals surface area (Å²) in [5.74, 6) is 0. The summed E-state index contributed by atoms with van der Waals surface area (Å²) in [6.07, 6.45) is 3.58. The monoisotopic (exact) mass is 287 g/mol. The Morgan fingerprint density at radius 3 is 2.65 bits per heavy atom. The molecule has 3 N–H and O–H groups in total. The first-order chi connectivity index (χ1) is 9.68. The maximum atomic E-state index is 5.76. The van der Waals surface area contributed by atoms with Crippen molar-refractivity contribution in [3.05, 3.63) is 45.9 Å². The molecule has 0 saturated heterocycles. The van der Waals surface area contributed by atoms with Crippen LogP contribution in [0.2, 0.25) is 0 Å². The van der Waals surface area contributed by atoms with Crippen LogP contribution in [0.4, 0.5) is 5.69 Å². The van der Waals surface area contributed by atoms with E-state index < -0.39 is 0 Å². The summed E-state index contributed by atoms with van der Waals surface area (Å²) in [5.41, 5.74) is 9.51. The van der Waals surface area contributed by atoms with Crippen molar-refractivity contribution in [3.8, 4) is 0 Å². The van der Waals surface area contributed by atoms with Crippen LogP contribution in [0.3, 0.4) is 0 Å². The van der Waals surface area contributed by atoms with Crippen molar-refractivity contribution >= 4 is 17.0 Å². The lowest BCUT2D eigenvalue weighted by Gasteiger charge is -2.16. The summed E-state index contributed by atoms with van der Waals surface area (Å²) >= 11 is 1.76. The summed E-state index contributed by atoms with van der Waals surface area (Å²) < 4.78 is 0. The molecule has 3 nitrogen and oxygen atoms in total. The fraction of sp³-hybridized carbons (Fsp3) is 0.438. The maximum Gasteiger partial charge on any atom is 0.0940 e. The predicted molar refractivity (Wildman–Crippen MR) is 85.2 cm³/mol. The van der Waals surface area contributed by atoms with E-state index >= 15 is 0 Å². The van der Waals surface area contributed by atoms with Gasteiger partial charge in [0.25, 0.3) is 0 Å². The third-order valence-electron chi connectivity index (χ3n) is 4.02. The third kappa shape index (κ3) is 3.02. The summed E-state index contributed by atoms with van der Waals surface area (Å²) in [4.78, 5) is 4.49. The number of hydrogen-bond acceptors (Lipinski definition) is 4. The van der Waals surface area contributed by atoms with E-state index in [4.69, 9.17) is 5.73 Å². The molecule has 1 saturated carbocycles. The molecule has 4 heteroatoms. The minimum atomic E-state index is 0.354. The second-order valence-corrected chi connectivity index (χ2v) is 6.65. The van der Waals surface area contributed by atoms with Crippen LogP contribution in [0.1, 0.15) is 29.1 Å². The van der Waals surface area contributed by atoms with Gasteiger partial charge < -0.3 is 11.1 Å². The quantitative estimate of drug-likeness (QED) is 0.634. The molecule has 3 rings (SSSR count). The summed E-state index contributed by atoms with van der Waals surface area (Å²) in [6.45, 7) is 4.11. The molecule has 1 heterocycles. The number of aromatic nitrogens is 1. The van der Waals surface area contributed by atoms with Gasteiger partial charge in [0.1, 0.15) is 0 Å². The van der Waals surface area contributed by atoms with E-state index in [-0.39, 0.29) is 0 Å². The SMILES string of the molecule is Cc1csc(CCNCC2(c3ccc(N)cc3)CC2)n1. The van der Waals surface area contributed by atoms with E-state index in [1.54, 1.807) is 11.3 Å². The van der Waals surface area contributed by atoms with Crippen molar-refractivity contribution in [2.45, 2.75) is 31.6 Å². The van der Waals surface area contributed by atoms with Crippen LogP contribution in [0, 0.1) is 6.92 Å². The van der Waals surface area contributed by atoms with E-state index in [2.05, 4.69) is 27.8 Å². The minimum Gasteiger partial charge on any atom is -0.399 e. The molecule has 20 heavy (non-hydrogen) atoms. The summed E-state index contributed by atoms with van der Waals surface area (Å²) in [7, 11) is 0. The van der Waals surface area contributed by atoms with Gasteiger partial charge in [-0.15, -0.1) is 11.3 Å². The molecule has 1 aliphatic rings. The molecule has 1 aromatic carbocycles. The van der Waals surface area contributed by atoms with E-state index in [0.29, 0.717) is 5.41 Å². The van der Waals surface area contributed by atoms with Gasteiger partial charge in [0.05, 0.1) is 5.01 Å². The van der Waals surface area contributed by atoms with Crippen LogP contribution < -0.4 is 11.1 Å². The van der Waals surface area contributed by atoms with Crippen LogP contribution in [-0.2, 0) is 11.8 Å². The maximum absolute atomic E-state index is 5.76. The summed E-state index contributed by atoms with van der Waals surface area (Å²) in [5, 5.41) is 6.94. The number of nitrogens with one attached hydrogen (secondary N) is 1. The number of thiazole rings is 1. The highest BCUT2D eigenvalue weighted by Crippen LogP contribution is 2.47. The van der Waals surface area contributed by atoms with E-state index in [0.717, 1.165) is 30.9 Å². The fourth-order valence-electron chi connectivity index (χ4n) is 2.60. The number of aryl methyl sites for hydroxylation is 1. The fourth-order valence-corrected chi connectivity index (χ4v) is 3.37. The molecule has 0 unspecified atom stereocenters. The van der Waals surface area contributed by atoms with Gasteiger partial charge in [-0.25, -0.2) is 4.98 Å². The molecule has 0 spiro atoms. The van der Waals surface area contributed by atoms with E-state index in [1.807, 2.05) is 19.1 Å². The third-order valence-corrected chi connectivity index (χ3v) is 5.05. The topological polar surface area (TPSA) is 50.9 Å². The zero-order valence-corrected chi connectivity index (χ0v) is 12.7. The number of benzene rings is 1. The summed E-state index contributed by atoms with van der Waals surface area (Å²) in [6, 6.07) is 8.36. The lowest BCUT2D eigenvalue weighted by Crippen LogP contribution is -2.28. The lowest BCUT2D eigenvalue weighted by atomic mass is 9.95. The average molecular weight is 287 g/mol. The largest absolute Gasteiger partial charge is 0.399 e. The van der Waals surface area contributed by atoms with Crippen molar-refractivity contribution in [1.29, 1.82) is 0 Å². The first-order valence-corrected chi connectivity index (χ1v) is 8.04. The Bertz CT molecular complexity index is 570. The van der Waals surface area contributed by atoms with Crippen LogP contribution in [0.25, 0.3) is 0 Å². The molecule has 2 aromatic rings. The molecule has 106 valence electrons. The number of nitrogen functional groups attached to an aromatic ring is 1. The Hall–Kier alpha value is -1.39. The molecular formula is C16H21N3S. The zero-order chi connectivity index (χ0) is 14.0. The molecule has 1 fully saturated rings. The molecule has 0 amide bonds. The number of nitrogens with two attached hydrogens (primary N) is 1. The Morgan fingerprint density at radius 2 is 2.05 bits per heavy atom. The second-order valence-electron chi connectivity index (χ2n) is 5.71. The van der Waals surface area contributed by atoms with Crippen LogP contribution in [0.5, 0.6) is 0 Å². The van der Waals surface area contributed by atoms with Crippen molar-refractivity contribution in [2.75, 3.05) is 18.8 Å². The number of nitrogens with zero attached hydrogens (tertiary/aromatic N) is 1. The normalized spacial score (nSPS) is 16.2. The standard InChI is InChI=1S/C16H21N3S/c1-12-10-20-15(19-12)6-9-18-11-16(7-8-16)13-2-4-14(17)5-3-13/h2-5,10,18H,6-9,11,17H2,1H3. The Labute approximate surface area is 124 Å². The molecule has 0 atom stereocenters. The Morgan fingerprint density at radius 1 is 1.30 bits per heavy atom. The highest BCUT2D eigenvalue weighted by atomic mass is 32.1. The smallest absolute Gasteiger partial charge is 0.0940 e. The molecule has 0 radical (unpaired) electrons. The van der Waals surface area contributed by atoms with Gasteiger partial charge >= 0.3 is 0 Å². The molecular weight excluding hydrogens is 266 g/mol. The average Bonchev–Trinajstić information content (AvgIpc) is 3.12. The highest BCUT2D eigenvalue weighted by Gasteiger charge is 2.43. The van der Waals surface area contributed by atoms with Crippen LogP contribution in [0.15, 0.2) is 29.6 Å². The molecule has 1 aromatic heterocycles. The van der Waals surface area contributed by atoms with Crippen LogP contribution >= 0.6 is 11.3 Å².